The normalized spacial score (nSPS) is 19.8. The SMILES string of the molecule is CCOC1(C(NN)c2ccc(F)cc2C)CCOCC1. The third-order valence-electron chi connectivity index (χ3n) is 4.01. The fourth-order valence-corrected chi connectivity index (χ4v) is 3.01. The van der Waals surface area contributed by atoms with Crippen molar-refractivity contribution in [3.05, 3.63) is 35.1 Å². The largest absolute Gasteiger partial charge is 0.381 e. The van der Waals surface area contributed by atoms with Gasteiger partial charge in [-0.2, -0.15) is 0 Å². The Kier molecular flexibility index (Phi) is 5.10. The van der Waals surface area contributed by atoms with E-state index in [0.717, 1.165) is 24.0 Å². The summed E-state index contributed by atoms with van der Waals surface area (Å²) in [5.41, 5.74) is 4.32. The molecule has 1 aliphatic heterocycles. The summed E-state index contributed by atoms with van der Waals surface area (Å²) >= 11 is 0. The summed E-state index contributed by atoms with van der Waals surface area (Å²) in [5.74, 6) is 5.56. The molecule has 112 valence electrons. The summed E-state index contributed by atoms with van der Waals surface area (Å²) in [6.45, 7) is 5.78. The Morgan fingerprint density at radius 2 is 2.15 bits per heavy atom. The van der Waals surface area contributed by atoms with Crippen LogP contribution in [0.3, 0.4) is 0 Å². The van der Waals surface area contributed by atoms with Crippen LogP contribution in [0.15, 0.2) is 18.2 Å². The third-order valence-corrected chi connectivity index (χ3v) is 4.01. The molecule has 0 spiro atoms. The van der Waals surface area contributed by atoms with E-state index in [1.165, 1.54) is 12.1 Å². The second kappa shape index (κ2) is 6.63. The lowest BCUT2D eigenvalue weighted by Gasteiger charge is -2.43. The van der Waals surface area contributed by atoms with Gasteiger partial charge < -0.3 is 9.47 Å². The number of nitrogens with two attached hydrogens (primary N) is 1. The maximum Gasteiger partial charge on any atom is 0.123 e. The highest BCUT2D eigenvalue weighted by Gasteiger charge is 2.42. The van der Waals surface area contributed by atoms with Crippen LogP contribution in [-0.4, -0.2) is 25.4 Å². The van der Waals surface area contributed by atoms with Crippen molar-refractivity contribution in [1.29, 1.82) is 0 Å². The molecule has 1 heterocycles. The van der Waals surface area contributed by atoms with E-state index in [1.54, 1.807) is 6.07 Å². The lowest BCUT2D eigenvalue weighted by Crippen LogP contribution is -2.52. The maximum absolute atomic E-state index is 13.3. The Bertz CT molecular complexity index is 442. The van der Waals surface area contributed by atoms with Crippen molar-refractivity contribution in [2.24, 2.45) is 5.84 Å². The van der Waals surface area contributed by atoms with Gasteiger partial charge in [0.05, 0.1) is 11.6 Å². The molecular formula is C15H23FN2O2. The van der Waals surface area contributed by atoms with E-state index < -0.39 is 5.60 Å². The van der Waals surface area contributed by atoms with Crippen molar-refractivity contribution in [2.75, 3.05) is 19.8 Å². The maximum atomic E-state index is 13.3. The van der Waals surface area contributed by atoms with E-state index in [1.807, 2.05) is 13.8 Å². The van der Waals surface area contributed by atoms with Crippen LogP contribution in [0.1, 0.15) is 36.9 Å². The number of halogens is 1. The van der Waals surface area contributed by atoms with Crippen molar-refractivity contribution >= 4 is 0 Å². The van der Waals surface area contributed by atoms with Crippen LogP contribution in [0.4, 0.5) is 4.39 Å². The van der Waals surface area contributed by atoms with Crippen LogP contribution < -0.4 is 11.3 Å². The van der Waals surface area contributed by atoms with Crippen LogP contribution in [0, 0.1) is 12.7 Å². The van der Waals surface area contributed by atoms with Gasteiger partial charge in [-0.05, 0) is 37.1 Å². The van der Waals surface area contributed by atoms with Crippen LogP contribution in [0.5, 0.6) is 0 Å². The lowest BCUT2D eigenvalue weighted by atomic mass is 9.81. The molecule has 1 atom stereocenters. The van der Waals surface area contributed by atoms with E-state index in [9.17, 15) is 4.39 Å². The van der Waals surface area contributed by atoms with Crippen LogP contribution in [0.2, 0.25) is 0 Å². The minimum absolute atomic E-state index is 0.174. The van der Waals surface area contributed by atoms with Crippen molar-refractivity contribution < 1.29 is 13.9 Å². The summed E-state index contributed by atoms with van der Waals surface area (Å²) in [4.78, 5) is 0. The van der Waals surface area contributed by atoms with E-state index >= 15 is 0 Å². The standard InChI is InChI=1S/C15H23FN2O2/c1-3-20-15(6-8-19-9-7-15)14(18-17)13-5-4-12(16)10-11(13)2/h4-5,10,14,18H,3,6-9,17H2,1-2H3. The molecule has 1 fully saturated rings. The highest BCUT2D eigenvalue weighted by Crippen LogP contribution is 2.38. The van der Waals surface area contributed by atoms with Gasteiger partial charge in [-0.15, -0.1) is 0 Å². The molecule has 3 N–H and O–H groups in total. The Hall–Kier alpha value is -1.01. The van der Waals surface area contributed by atoms with Gasteiger partial charge in [0.25, 0.3) is 0 Å². The number of benzene rings is 1. The zero-order valence-corrected chi connectivity index (χ0v) is 12.1. The average molecular weight is 282 g/mol. The summed E-state index contributed by atoms with van der Waals surface area (Å²) < 4.78 is 24.8. The van der Waals surface area contributed by atoms with E-state index in [4.69, 9.17) is 15.3 Å². The molecule has 0 aliphatic carbocycles. The predicted octanol–water partition coefficient (Wildman–Crippen LogP) is 2.22. The second-order valence-electron chi connectivity index (χ2n) is 5.21. The van der Waals surface area contributed by atoms with Gasteiger partial charge in [0.1, 0.15) is 5.82 Å². The number of ether oxygens (including phenoxy) is 2. The predicted molar refractivity (Wildman–Crippen MR) is 75.6 cm³/mol. The molecule has 2 rings (SSSR count). The first-order valence-corrected chi connectivity index (χ1v) is 7.07. The second-order valence-corrected chi connectivity index (χ2v) is 5.21. The molecule has 0 amide bonds. The number of hydrazine groups is 1. The molecule has 4 nitrogen and oxygen atoms in total. The zero-order valence-electron chi connectivity index (χ0n) is 12.1. The number of aryl methyl sites for hydroxylation is 1. The fourth-order valence-electron chi connectivity index (χ4n) is 3.01. The third kappa shape index (κ3) is 3.01. The molecule has 20 heavy (non-hydrogen) atoms. The first kappa shape index (κ1) is 15.4. The molecule has 0 saturated carbocycles. The van der Waals surface area contributed by atoms with E-state index in [2.05, 4.69) is 5.43 Å². The van der Waals surface area contributed by atoms with Crippen LogP contribution in [0.25, 0.3) is 0 Å². The molecule has 5 heteroatoms. The highest BCUT2D eigenvalue weighted by atomic mass is 19.1. The highest BCUT2D eigenvalue weighted by molar-refractivity contribution is 5.32. The van der Waals surface area contributed by atoms with Crippen LogP contribution in [-0.2, 0) is 9.47 Å². The molecule has 1 aliphatic rings. The Morgan fingerprint density at radius 1 is 1.45 bits per heavy atom. The van der Waals surface area contributed by atoms with Crippen molar-refractivity contribution in [3.63, 3.8) is 0 Å². The topological polar surface area (TPSA) is 56.5 Å². The summed E-state index contributed by atoms with van der Waals surface area (Å²) in [6, 6.07) is 4.60. The summed E-state index contributed by atoms with van der Waals surface area (Å²) in [7, 11) is 0. The quantitative estimate of drug-likeness (QED) is 0.642. The van der Waals surface area contributed by atoms with E-state index in [-0.39, 0.29) is 11.9 Å². The fraction of sp³-hybridized carbons (Fsp3) is 0.600. The lowest BCUT2D eigenvalue weighted by molar-refractivity contribution is -0.128. The first-order valence-electron chi connectivity index (χ1n) is 7.07. The Morgan fingerprint density at radius 3 is 2.70 bits per heavy atom. The smallest absolute Gasteiger partial charge is 0.123 e. The molecule has 1 aromatic rings. The van der Waals surface area contributed by atoms with Crippen molar-refractivity contribution in [2.45, 2.75) is 38.3 Å². The molecule has 1 saturated heterocycles. The Balaban J connectivity index is 2.37. The summed E-state index contributed by atoms with van der Waals surface area (Å²) in [5, 5.41) is 0. The van der Waals surface area contributed by atoms with Gasteiger partial charge >= 0.3 is 0 Å². The van der Waals surface area contributed by atoms with E-state index in [0.29, 0.717) is 19.8 Å². The monoisotopic (exact) mass is 282 g/mol. The first-order chi connectivity index (χ1) is 9.63. The van der Waals surface area contributed by atoms with Crippen molar-refractivity contribution in [1.82, 2.24) is 5.43 Å². The molecular weight excluding hydrogens is 259 g/mol. The number of rotatable bonds is 5. The van der Waals surface area contributed by atoms with Gasteiger partial charge in [0.15, 0.2) is 0 Å². The molecule has 0 radical (unpaired) electrons. The van der Waals surface area contributed by atoms with Gasteiger partial charge in [0.2, 0.25) is 0 Å². The number of hydrogen-bond acceptors (Lipinski definition) is 4. The van der Waals surface area contributed by atoms with Crippen molar-refractivity contribution in [3.8, 4) is 0 Å². The minimum Gasteiger partial charge on any atom is -0.381 e. The van der Waals surface area contributed by atoms with Gasteiger partial charge in [-0.1, -0.05) is 6.07 Å². The average Bonchev–Trinajstić information content (AvgIpc) is 2.43. The minimum atomic E-state index is -0.398. The Labute approximate surface area is 119 Å². The molecule has 0 aromatic heterocycles. The van der Waals surface area contributed by atoms with Crippen LogP contribution >= 0.6 is 0 Å². The zero-order chi connectivity index (χ0) is 14.6. The van der Waals surface area contributed by atoms with Gasteiger partial charge in [-0.3, -0.25) is 11.3 Å². The summed E-state index contributed by atoms with van der Waals surface area (Å²) in [6.07, 6.45) is 1.54. The molecule has 0 bridgehead atoms. The number of nitrogens with one attached hydrogen (secondary N) is 1. The van der Waals surface area contributed by atoms with Gasteiger partial charge in [-0.25, -0.2) is 4.39 Å². The molecule has 1 aromatic carbocycles. The number of hydrogen-bond donors (Lipinski definition) is 2. The molecule has 1 unspecified atom stereocenters. The van der Waals surface area contributed by atoms with Gasteiger partial charge in [0, 0.05) is 32.7 Å².